The first-order chi connectivity index (χ1) is 13.0. The van der Waals surface area contributed by atoms with E-state index in [1.165, 1.54) is 11.3 Å². The van der Waals surface area contributed by atoms with Gasteiger partial charge in [0.1, 0.15) is 5.75 Å². The molecule has 0 unspecified atom stereocenters. The molecule has 2 aromatic rings. The number of nitrogens with one attached hydrogen (secondary N) is 1. The summed E-state index contributed by atoms with van der Waals surface area (Å²) in [6.45, 7) is 5.99. The molecule has 5 nitrogen and oxygen atoms in total. The minimum absolute atomic E-state index is 0.0773. The monoisotopic (exact) mass is 386 g/mol. The Morgan fingerprint density at radius 2 is 2.04 bits per heavy atom. The Morgan fingerprint density at radius 1 is 1.26 bits per heavy atom. The highest BCUT2D eigenvalue weighted by molar-refractivity contribution is 7.12. The van der Waals surface area contributed by atoms with E-state index in [0.29, 0.717) is 18.1 Å². The molecular weight excluding hydrogens is 360 g/mol. The van der Waals surface area contributed by atoms with E-state index in [9.17, 15) is 9.59 Å². The lowest BCUT2D eigenvalue weighted by Gasteiger charge is -2.32. The van der Waals surface area contributed by atoms with Crippen LogP contribution in [0.4, 0.5) is 0 Å². The summed E-state index contributed by atoms with van der Waals surface area (Å²) in [7, 11) is 0. The Bertz CT molecular complexity index is 756. The molecule has 0 radical (unpaired) electrons. The molecule has 1 aliphatic rings. The maximum Gasteiger partial charge on any atom is 0.263 e. The number of ether oxygens (including phenoxy) is 1. The number of carbonyl (C=O) groups is 2. The number of nitrogens with zero attached hydrogens (tertiary/aromatic N) is 1. The summed E-state index contributed by atoms with van der Waals surface area (Å²) in [5.74, 6) is 1.12. The maximum absolute atomic E-state index is 12.5. The molecule has 0 aliphatic carbocycles. The SMILES string of the molecule is CC(C)NC(=O)c1ccc(OC[C@H]2CCCN(C(=O)c3cccs3)C2)cc1. The molecule has 0 saturated carbocycles. The summed E-state index contributed by atoms with van der Waals surface area (Å²) in [6, 6.07) is 11.1. The minimum atomic E-state index is -0.0773. The fourth-order valence-corrected chi connectivity index (χ4v) is 3.89. The third-order valence-corrected chi connectivity index (χ3v) is 5.42. The number of likely N-dealkylation sites (tertiary alicyclic amines) is 1. The topological polar surface area (TPSA) is 58.6 Å². The van der Waals surface area contributed by atoms with Gasteiger partial charge in [-0.2, -0.15) is 0 Å². The molecule has 1 aliphatic heterocycles. The Balaban J connectivity index is 1.51. The van der Waals surface area contributed by atoms with Crippen LogP contribution in [-0.2, 0) is 0 Å². The molecule has 144 valence electrons. The molecule has 1 fully saturated rings. The molecule has 1 N–H and O–H groups in total. The number of rotatable bonds is 6. The lowest BCUT2D eigenvalue weighted by atomic mass is 9.99. The number of carbonyl (C=O) groups excluding carboxylic acids is 2. The van der Waals surface area contributed by atoms with Gasteiger partial charge in [-0.25, -0.2) is 0 Å². The van der Waals surface area contributed by atoms with Crippen molar-refractivity contribution in [3.63, 3.8) is 0 Å². The Labute approximate surface area is 164 Å². The Hall–Kier alpha value is -2.34. The van der Waals surface area contributed by atoms with Crippen LogP contribution in [0.25, 0.3) is 0 Å². The minimum Gasteiger partial charge on any atom is -0.493 e. The number of benzene rings is 1. The predicted octanol–water partition coefficient (Wildman–Crippen LogP) is 3.82. The summed E-state index contributed by atoms with van der Waals surface area (Å²) >= 11 is 1.49. The second kappa shape index (κ2) is 9.04. The van der Waals surface area contributed by atoms with Crippen LogP contribution in [-0.4, -0.2) is 42.5 Å². The lowest BCUT2D eigenvalue weighted by Crippen LogP contribution is -2.41. The van der Waals surface area contributed by atoms with E-state index in [1.807, 2.05) is 48.4 Å². The third kappa shape index (κ3) is 5.32. The quantitative estimate of drug-likeness (QED) is 0.821. The van der Waals surface area contributed by atoms with Crippen molar-refractivity contribution >= 4 is 23.2 Å². The van der Waals surface area contributed by atoms with Crippen molar-refractivity contribution in [2.45, 2.75) is 32.7 Å². The van der Waals surface area contributed by atoms with Gasteiger partial charge in [0.2, 0.25) is 0 Å². The van der Waals surface area contributed by atoms with E-state index in [-0.39, 0.29) is 17.9 Å². The van der Waals surface area contributed by atoms with Crippen LogP contribution in [0.3, 0.4) is 0 Å². The van der Waals surface area contributed by atoms with Gasteiger partial charge in [0.25, 0.3) is 11.8 Å². The molecule has 1 aromatic heterocycles. The van der Waals surface area contributed by atoms with E-state index in [0.717, 1.165) is 36.6 Å². The van der Waals surface area contributed by atoms with Crippen LogP contribution in [0.2, 0.25) is 0 Å². The van der Waals surface area contributed by atoms with E-state index < -0.39 is 0 Å². The fraction of sp³-hybridized carbons (Fsp3) is 0.429. The van der Waals surface area contributed by atoms with Gasteiger partial charge in [0, 0.05) is 30.6 Å². The molecular formula is C21H26N2O3S. The van der Waals surface area contributed by atoms with E-state index >= 15 is 0 Å². The van der Waals surface area contributed by atoms with Crippen molar-refractivity contribution in [2.75, 3.05) is 19.7 Å². The first-order valence-electron chi connectivity index (χ1n) is 9.39. The summed E-state index contributed by atoms with van der Waals surface area (Å²) in [5.41, 5.74) is 0.626. The molecule has 2 heterocycles. The zero-order valence-corrected chi connectivity index (χ0v) is 16.6. The van der Waals surface area contributed by atoms with Crippen molar-refractivity contribution in [3.05, 3.63) is 52.2 Å². The molecule has 0 bridgehead atoms. The van der Waals surface area contributed by atoms with Crippen molar-refractivity contribution in [1.82, 2.24) is 10.2 Å². The van der Waals surface area contributed by atoms with Crippen LogP contribution in [0.5, 0.6) is 5.75 Å². The molecule has 1 aromatic carbocycles. The molecule has 0 spiro atoms. The number of hydrogen-bond acceptors (Lipinski definition) is 4. The summed E-state index contributed by atoms with van der Waals surface area (Å²) < 4.78 is 5.91. The standard InChI is InChI=1S/C21H26N2O3S/c1-15(2)22-20(24)17-7-9-18(10-8-17)26-14-16-5-3-11-23(13-16)21(25)19-6-4-12-27-19/h4,6-10,12,15-16H,3,5,11,13-14H2,1-2H3,(H,22,24)/t16-/m0/s1. The fourth-order valence-electron chi connectivity index (χ4n) is 3.20. The van der Waals surface area contributed by atoms with Gasteiger partial charge < -0.3 is 15.0 Å². The zero-order chi connectivity index (χ0) is 19.2. The molecule has 2 amide bonds. The third-order valence-electron chi connectivity index (χ3n) is 4.56. The maximum atomic E-state index is 12.5. The normalized spacial score (nSPS) is 17.0. The largest absolute Gasteiger partial charge is 0.493 e. The number of piperidine rings is 1. The van der Waals surface area contributed by atoms with Gasteiger partial charge >= 0.3 is 0 Å². The smallest absolute Gasteiger partial charge is 0.263 e. The van der Waals surface area contributed by atoms with E-state index in [4.69, 9.17) is 4.74 Å². The molecule has 6 heteroatoms. The first kappa shape index (κ1) is 19.4. The molecule has 1 saturated heterocycles. The number of hydrogen-bond donors (Lipinski definition) is 1. The van der Waals surface area contributed by atoms with Crippen molar-refractivity contribution in [2.24, 2.45) is 5.92 Å². The van der Waals surface area contributed by atoms with Crippen molar-refractivity contribution in [1.29, 1.82) is 0 Å². The summed E-state index contributed by atoms with van der Waals surface area (Å²) in [6.07, 6.45) is 2.06. The van der Waals surface area contributed by atoms with Crippen LogP contribution in [0.1, 0.15) is 46.7 Å². The van der Waals surface area contributed by atoms with Gasteiger partial charge in [-0.1, -0.05) is 6.07 Å². The van der Waals surface area contributed by atoms with Crippen molar-refractivity contribution in [3.8, 4) is 5.75 Å². The van der Waals surface area contributed by atoms with Gasteiger partial charge in [0.15, 0.2) is 0 Å². The lowest BCUT2D eigenvalue weighted by molar-refractivity contribution is 0.0638. The first-order valence-corrected chi connectivity index (χ1v) is 10.3. The summed E-state index contributed by atoms with van der Waals surface area (Å²) in [4.78, 5) is 27.2. The average molecular weight is 387 g/mol. The zero-order valence-electron chi connectivity index (χ0n) is 15.8. The van der Waals surface area contributed by atoms with Crippen LogP contribution >= 0.6 is 11.3 Å². The van der Waals surface area contributed by atoms with Gasteiger partial charge in [-0.3, -0.25) is 9.59 Å². The Kier molecular flexibility index (Phi) is 6.50. The summed E-state index contributed by atoms with van der Waals surface area (Å²) in [5, 5.41) is 4.81. The average Bonchev–Trinajstić information content (AvgIpc) is 3.20. The van der Waals surface area contributed by atoms with Gasteiger partial charge in [-0.05, 0) is 62.4 Å². The highest BCUT2D eigenvalue weighted by atomic mass is 32.1. The van der Waals surface area contributed by atoms with Crippen LogP contribution in [0, 0.1) is 5.92 Å². The second-order valence-corrected chi connectivity index (χ2v) is 8.15. The number of thiophene rings is 1. The van der Waals surface area contributed by atoms with Crippen LogP contribution in [0.15, 0.2) is 41.8 Å². The highest BCUT2D eigenvalue weighted by Gasteiger charge is 2.25. The van der Waals surface area contributed by atoms with Gasteiger partial charge in [-0.15, -0.1) is 11.3 Å². The molecule has 1 atom stereocenters. The van der Waals surface area contributed by atoms with Gasteiger partial charge in [0.05, 0.1) is 11.5 Å². The second-order valence-electron chi connectivity index (χ2n) is 7.20. The van der Waals surface area contributed by atoms with Crippen molar-refractivity contribution < 1.29 is 14.3 Å². The molecule has 3 rings (SSSR count). The van der Waals surface area contributed by atoms with E-state index in [1.54, 1.807) is 12.1 Å². The van der Waals surface area contributed by atoms with Crippen LogP contribution < -0.4 is 10.1 Å². The highest BCUT2D eigenvalue weighted by Crippen LogP contribution is 2.22. The van der Waals surface area contributed by atoms with E-state index in [2.05, 4.69) is 5.32 Å². The number of amides is 2. The Morgan fingerprint density at radius 3 is 2.70 bits per heavy atom. The molecule has 27 heavy (non-hydrogen) atoms. The predicted molar refractivity (Wildman–Crippen MR) is 107 cm³/mol.